The summed E-state index contributed by atoms with van der Waals surface area (Å²) < 4.78 is 0. The molecule has 2 aliphatic rings. The first kappa shape index (κ1) is 23.0. The van der Waals surface area contributed by atoms with Gasteiger partial charge in [0.25, 0.3) is 5.91 Å². The summed E-state index contributed by atoms with van der Waals surface area (Å²) >= 11 is 0. The van der Waals surface area contributed by atoms with Crippen molar-refractivity contribution in [3.63, 3.8) is 0 Å². The molecule has 8 heteroatoms. The number of anilines is 1. The fourth-order valence-corrected chi connectivity index (χ4v) is 3.57. The fraction of sp³-hybridized carbons (Fsp3) is 0.667. The maximum atomic E-state index is 12.9. The van der Waals surface area contributed by atoms with Crippen LogP contribution in [0.15, 0.2) is 18.3 Å². The smallest absolute Gasteiger partial charge is 0.254 e. The molecule has 3 rings (SSSR count). The zero-order valence-corrected chi connectivity index (χ0v) is 17.3. The summed E-state index contributed by atoms with van der Waals surface area (Å²) in [6.07, 6.45) is 3.91. The first-order valence-electron chi connectivity index (χ1n) is 8.99. The Labute approximate surface area is 168 Å². The van der Waals surface area contributed by atoms with Gasteiger partial charge in [-0.25, -0.2) is 4.98 Å². The molecule has 2 unspecified atom stereocenters. The van der Waals surface area contributed by atoms with Crippen LogP contribution in [0.1, 0.15) is 30.1 Å². The number of aromatic nitrogens is 1. The molecule has 26 heavy (non-hydrogen) atoms. The van der Waals surface area contributed by atoms with Crippen molar-refractivity contribution in [3.8, 4) is 0 Å². The fourth-order valence-electron chi connectivity index (χ4n) is 3.57. The van der Waals surface area contributed by atoms with Crippen LogP contribution in [0.4, 0.5) is 5.82 Å². The molecule has 148 valence electrons. The Bertz CT molecular complexity index is 578. The summed E-state index contributed by atoms with van der Waals surface area (Å²) in [5.74, 6) is 1.43. The molecular formula is C18H31Cl2N5O. The number of amides is 1. The lowest BCUT2D eigenvalue weighted by atomic mass is 9.92. The van der Waals surface area contributed by atoms with Gasteiger partial charge in [0, 0.05) is 57.1 Å². The van der Waals surface area contributed by atoms with Crippen LogP contribution in [-0.2, 0) is 0 Å². The van der Waals surface area contributed by atoms with Crippen LogP contribution in [0.25, 0.3) is 0 Å². The molecular weight excluding hydrogens is 373 g/mol. The number of piperidine rings is 1. The lowest BCUT2D eigenvalue weighted by Gasteiger charge is -2.35. The number of hydrogen-bond acceptors (Lipinski definition) is 5. The Morgan fingerprint density at radius 1 is 1.23 bits per heavy atom. The number of carbonyl (C=O) groups excluding carboxylic acids is 1. The lowest BCUT2D eigenvalue weighted by molar-refractivity contribution is 0.0661. The molecule has 0 saturated carbocycles. The van der Waals surface area contributed by atoms with E-state index in [-0.39, 0.29) is 36.8 Å². The number of likely N-dealkylation sites (tertiary alicyclic amines) is 1. The highest BCUT2D eigenvalue weighted by Gasteiger charge is 2.27. The van der Waals surface area contributed by atoms with Gasteiger partial charge in [-0.15, -0.1) is 24.8 Å². The average molecular weight is 404 g/mol. The number of pyridine rings is 1. The van der Waals surface area contributed by atoms with Gasteiger partial charge in [-0.05, 0) is 44.9 Å². The number of halogens is 2. The summed E-state index contributed by atoms with van der Waals surface area (Å²) in [5, 5.41) is 0. The normalized spacial score (nSPS) is 22.2. The van der Waals surface area contributed by atoms with Gasteiger partial charge in [-0.1, -0.05) is 0 Å². The highest BCUT2D eigenvalue weighted by Crippen LogP contribution is 2.22. The molecule has 0 aliphatic carbocycles. The molecule has 2 fully saturated rings. The van der Waals surface area contributed by atoms with Gasteiger partial charge < -0.3 is 20.4 Å². The number of nitrogens with two attached hydrogens (primary N) is 1. The van der Waals surface area contributed by atoms with Gasteiger partial charge in [-0.2, -0.15) is 0 Å². The summed E-state index contributed by atoms with van der Waals surface area (Å²) in [7, 11) is 2.13. The van der Waals surface area contributed by atoms with E-state index in [4.69, 9.17) is 5.73 Å². The highest BCUT2D eigenvalue weighted by atomic mass is 35.5. The predicted octanol–water partition coefficient (Wildman–Crippen LogP) is 1.88. The molecule has 1 aromatic heterocycles. The van der Waals surface area contributed by atoms with E-state index in [9.17, 15) is 4.79 Å². The standard InChI is InChI=1S/C18H29N5O.2ClH/c1-14(19)16-4-3-7-23(13-16)18(24)15-5-6-20-17(12-15)22-10-8-21(2)9-11-22;;/h5-6,12,14,16H,3-4,7-11,13,19H2,1-2H3;2*1H. The second-order valence-corrected chi connectivity index (χ2v) is 7.21. The van der Waals surface area contributed by atoms with E-state index in [0.717, 1.165) is 63.5 Å². The summed E-state index contributed by atoms with van der Waals surface area (Å²) in [4.78, 5) is 23.9. The molecule has 6 nitrogen and oxygen atoms in total. The van der Waals surface area contributed by atoms with Gasteiger partial charge in [0.05, 0.1) is 0 Å². The van der Waals surface area contributed by atoms with Crippen molar-refractivity contribution in [2.45, 2.75) is 25.8 Å². The van der Waals surface area contributed by atoms with Crippen molar-refractivity contribution < 1.29 is 4.79 Å². The largest absolute Gasteiger partial charge is 0.354 e. The van der Waals surface area contributed by atoms with E-state index >= 15 is 0 Å². The zero-order valence-electron chi connectivity index (χ0n) is 15.6. The zero-order chi connectivity index (χ0) is 17.1. The van der Waals surface area contributed by atoms with Gasteiger partial charge in [-0.3, -0.25) is 4.79 Å². The summed E-state index contributed by atoms with van der Waals surface area (Å²) in [5.41, 5.74) is 6.78. The van der Waals surface area contributed by atoms with Gasteiger partial charge in [0.1, 0.15) is 5.82 Å². The minimum Gasteiger partial charge on any atom is -0.354 e. The molecule has 0 bridgehead atoms. The average Bonchev–Trinajstić information content (AvgIpc) is 2.62. The Balaban J connectivity index is 0.00000169. The third-order valence-electron chi connectivity index (χ3n) is 5.31. The van der Waals surface area contributed by atoms with Crippen molar-refractivity contribution in [1.29, 1.82) is 0 Å². The third kappa shape index (κ3) is 5.46. The van der Waals surface area contributed by atoms with Gasteiger partial charge in [0.2, 0.25) is 0 Å². The minimum absolute atomic E-state index is 0. The second-order valence-electron chi connectivity index (χ2n) is 7.21. The topological polar surface area (TPSA) is 65.7 Å². The molecule has 2 saturated heterocycles. The first-order chi connectivity index (χ1) is 11.5. The molecule has 0 aromatic carbocycles. The van der Waals surface area contributed by atoms with E-state index in [0.29, 0.717) is 5.92 Å². The van der Waals surface area contributed by atoms with Crippen molar-refractivity contribution in [3.05, 3.63) is 23.9 Å². The monoisotopic (exact) mass is 403 g/mol. The van der Waals surface area contributed by atoms with E-state index < -0.39 is 0 Å². The quantitative estimate of drug-likeness (QED) is 0.834. The highest BCUT2D eigenvalue weighted by molar-refractivity contribution is 5.95. The molecule has 3 heterocycles. The molecule has 2 N–H and O–H groups in total. The number of rotatable bonds is 3. The lowest BCUT2D eigenvalue weighted by Crippen LogP contribution is -2.45. The Hall–Kier alpha value is -1.08. The number of piperazine rings is 1. The van der Waals surface area contributed by atoms with E-state index in [1.165, 1.54) is 0 Å². The second kappa shape index (κ2) is 10.3. The SMILES string of the molecule is CC(N)C1CCCN(C(=O)c2ccnc(N3CCN(C)CC3)c2)C1.Cl.Cl. The number of carbonyl (C=O) groups is 1. The minimum atomic E-state index is 0. The molecule has 2 aliphatic heterocycles. The van der Waals surface area contributed by atoms with E-state index in [1.807, 2.05) is 24.0 Å². The number of nitrogens with zero attached hydrogens (tertiary/aromatic N) is 4. The van der Waals surface area contributed by atoms with E-state index in [1.54, 1.807) is 6.20 Å². The van der Waals surface area contributed by atoms with Crippen LogP contribution < -0.4 is 10.6 Å². The Morgan fingerprint density at radius 2 is 1.92 bits per heavy atom. The summed E-state index contributed by atoms with van der Waals surface area (Å²) in [6, 6.07) is 3.92. The number of likely N-dealkylation sites (N-methyl/N-ethyl adjacent to an activating group) is 1. The van der Waals surface area contributed by atoms with Crippen LogP contribution in [0.2, 0.25) is 0 Å². The van der Waals surface area contributed by atoms with Crippen LogP contribution in [-0.4, -0.2) is 73.0 Å². The Morgan fingerprint density at radius 3 is 2.58 bits per heavy atom. The van der Waals surface area contributed by atoms with Gasteiger partial charge in [0.15, 0.2) is 0 Å². The van der Waals surface area contributed by atoms with Crippen LogP contribution >= 0.6 is 24.8 Å². The predicted molar refractivity (Wildman–Crippen MR) is 111 cm³/mol. The molecule has 2 atom stereocenters. The third-order valence-corrected chi connectivity index (χ3v) is 5.31. The summed E-state index contributed by atoms with van der Waals surface area (Å²) in [6.45, 7) is 7.60. The van der Waals surface area contributed by atoms with Crippen LogP contribution in [0.5, 0.6) is 0 Å². The molecule has 1 amide bonds. The maximum absolute atomic E-state index is 12.9. The molecule has 0 spiro atoms. The van der Waals surface area contributed by atoms with Crippen molar-refractivity contribution in [2.75, 3.05) is 51.2 Å². The molecule has 1 aromatic rings. The van der Waals surface area contributed by atoms with Crippen molar-refractivity contribution in [1.82, 2.24) is 14.8 Å². The first-order valence-corrected chi connectivity index (χ1v) is 8.99. The van der Waals surface area contributed by atoms with Crippen LogP contribution in [0, 0.1) is 5.92 Å². The van der Waals surface area contributed by atoms with Crippen LogP contribution in [0.3, 0.4) is 0 Å². The van der Waals surface area contributed by atoms with Crippen molar-refractivity contribution >= 4 is 36.5 Å². The van der Waals surface area contributed by atoms with Crippen molar-refractivity contribution in [2.24, 2.45) is 11.7 Å². The number of hydrogen-bond donors (Lipinski definition) is 1. The van der Waals surface area contributed by atoms with Gasteiger partial charge >= 0.3 is 0 Å². The maximum Gasteiger partial charge on any atom is 0.254 e. The Kier molecular flexibility index (Phi) is 9.10. The molecule has 0 radical (unpaired) electrons. The van der Waals surface area contributed by atoms with E-state index in [2.05, 4.69) is 21.8 Å².